The Morgan fingerprint density at radius 2 is 1.85 bits per heavy atom. The molecule has 0 aliphatic carbocycles. The van der Waals surface area contributed by atoms with Gasteiger partial charge in [0.15, 0.2) is 0 Å². The number of hydrogen-bond donors (Lipinski definition) is 2. The van der Waals surface area contributed by atoms with Crippen LogP contribution in [0.3, 0.4) is 0 Å². The van der Waals surface area contributed by atoms with E-state index in [0.29, 0.717) is 17.3 Å². The van der Waals surface area contributed by atoms with Gasteiger partial charge in [0.1, 0.15) is 5.69 Å². The number of anilines is 3. The van der Waals surface area contributed by atoms with Gasteiger partial charge < -0.3 is 25.8 Å². The first-order chi connectivity index (χ1) is 16.5. The molecule has 0 saturated carbocycles. The molecule has 3 N–H and O–H groups in total. The van der Waals surface area contributed by atoms with Crippen LogP contribution in [-0.2, 0) is 0 Å². The molecule has 8 nitrogen and oxygen atoms in total. The highest BCUT2D eigenvalue weighted by Gasteiger charge is 2.24. The van der Waals surface area contributed by atoms with E-state index in [2.05, 4.69) is 57.2 Å². The van der Waals surface area contributed by atoms with E-state index < -0.39 is 0 Å². The second-order valence-electron chi connectivity index (χ2n) is 9.72. The molecule has 1 aromatic carbocycles. The van der Waals surface area contributed by atoms with Crippen LogP contribution in [0.15, 0.2) is 48.8 Å². The van der Waals surface area contributed by atoms with Gasteiger partial charge in [0.05, 0.1) is 23.1 Å². The predicted molar refractivity (Wildman–Crippen MR) is 138 cm³/mol. The zero-order valence-corrected chi connectivity index (χ0v) is 19.9. The van der Waals surface area contributed by atoms with Gasteiger partial charge in [-0.05, 0) is 43.7 Å². The zero-order chi connectivity index (χ0) is 23.7. The number of nitrogens with zero attached hydrogens (tertiary/aromatic N) is 5. The Labute approximate surface area is 200 Å². The van der Waals surface area contributed by atoms with Gasteiger partial charge in [-0.1, -0.05) is 19.1 Å². The fourth-order valence-electron chi connectivity index (χ4n) is 5.04. The normalized spacial score (nSPS) is 21.6. The molecule has 2 unspecified atom stereocenters. The van der Waals surface area contributed by atoms with Crippen molar-refractivity contribution in [2.45, 2.75) is 19.4 Å². The summed E-state index contributed by atoms with van der Waals surface area (Å²) in [5.74, 6) is 0.257. The van der Waals surface area contributed by atoms with Gasteiger partial charge in [0, 0.05) is 62.6 Å². The van der Waals surface area contributed by atoms with Crippen LogP contribution in [0.1, 0.15) is 23.8 Å². The molecule has 2 saturated heterocycles. The summed E-state index contributed by atoms with van der Waals surface area (Å²) in [6.45, 7) is 7.95. The van der Waals surface area contributed by atoms with E-state index in [1.807, 2.05) is 12.1 Å². The lowest BCUT2D eigenvalue weighted by Crippen LogP contribution is -2.46. The summed E-state index contributed by atoms with van der Waals surface area (Å²) in [6.07, 6.45) is 4.47. The molecular weight excluding hydrogens is 426 g/mol. The van der Waals surface area contributed by atoms with Gasteiger partial charge in [0.25, 0.3) is 5.91 Å². The van der Waals surface area contributed by atoms with Crippen molar-refractivity contribution in [3.63, 3.8) is 0 Å². The number of piperidine rings is 1. The van der Waals surface area contributed by atoms with Crippen LogP contribution in [0.2, 0.25) is 0 Å². The first-order valence-corrected chi connectivity index (χ1v) is 12.1. The summed E-state index contributed by atoms with van der Waals surface area (Å²) in [6, 6.07) is 12.1. The number of nitrogens with one attached hydrogen (secondary N) is 1. The third kappa shape index (κ3) is 4.83. The number of amides is 1. The van der Waals surface area contributed by atoms with Gasteiger partial charge in [-0.3, -0.25) is 9.78 Å². The summed E-state index contributed by atoms with van der Waals surface area (Å²) in [5, 5.41) is 4.06. The highest BCUT2D eigenvalue weighted by atomic mass is 16.1. The first-order valence-electron chi connectivity index (χ1n) is 12.1. The lowest BCUT2D eigenvalue weighted by Gasteiger charge is -2.37. The molecule has 2 fully saturated rings. The predicted octanol–water partition coefficient (Wildman–Crippen LogP) is 2.81. The Hall–Kier alpha value is -3.23. The fourth-order valence-corrected chi connectivity index (χ4v) is 5.04. The molecule has 3 aromatic rings. The van der Waals surface area contributed by atoms with Crippen molar-refractivity contribution in [1.82, 2.24) is 14.9 Å². The molecule has 34 heavy (non-hydrogen) atoms. The molecule has 1 amide bonds. The number of nitrogens with two attached hydrogens (primary N) is 1. The van der Waals surface area contributed by atoms with Crippen LogP contribution in [0.4, 0.5) is 17.1 Å². The fraction of sp³-hybridized carbons (Fsp3) is 0.423. The molecule has 2 aromatic heterocycles. The van der Waals surface area contributed by atoms with Crippen molar-refractivity contribution in [3.05, 3.63) is 54.5 Å². The molecule has 2 aliphatic rings. The maximum Gasteiger partial charge on any atom is 0.274 e. The minimum Gasteiger partial charge on any atom is -0.369 e. The number of likely N-dealkylation sites (N-methyl/N-ethyl adjacent to an activating group) is 1. The third-order valence-corrected chi connectivity index (χ3v) is 6.86. The van der Waals surface area contributed by atoms with Gasteiger partial charge >= 0.3 is 0 Å². The number of pyridine rings is 2. The number of carbonyl (C=O) groups is 1. The van der Waals surface area contributed by atoms with Crippen LogP contribution >= 0.6 is 0 Å². The molecule has 178 valence electrons. The van der Waals surface area contributed by atoms with Gasteiger partial charge in [0.2, 0.25) is 0 Å². The van der Waals surface area contributed by atoms with E-state index in [1.54, 1.807) is 18.5 Å². The second-order valence-corrected chi connectivity index (χ2v) is 9.72. The third-order valence-electron chi connectivity index (χ3n) is 6.86. The van der Waals surface area contributed by atoms with Crippen molar-refractivity contribution >= 4 is 33.9 Å². The van der Waals surface area contributed by atoms with Crippen LogP contribution in [0, 0.1) is 5.92 Å². The average molecular weight is 460 g/mol. The number of aromatic nitrogens is 2. The maximum absolute atomic E-state index is 13.2. The van der Waals surface area contributed by atoms with Gasteiger partial charge in [-0.25, -0.2) is 4.98 Å². The van der Waals surface area contributed by atoms with Gasteiger partial charge in [-0.2, -0.15) is 0 Å². The SMILES string of the molecule is CC1CC(N)CN(c2ccncc2NC(=O)c2ccc3ccc(N4CCN(C)CC4)cc3n2)C1. The standard InChI is InChI=1S/C26H33N7O/c1-18-13-20(27)17-33(16-18)25-7-8-28-15-24(25)30-26(34)22-6-4-19-3-5-21(14-23(19)29-22)32-11-9-31(2)10-12-32/h3-8,14-15,18,20H,9-13,16-17,27H2,1-2H3,(H,30,34). The molecular formula is C26H33N7O. The first kappa shape index (κ1) is 22.6. The molecule has 5 rings (SSSR count). The van der Waals surface area contributed by atoms with E-state index in [-0.39, 0.29) is 11.9 Å². The Morgan fingerprint density at radius 1 is 1.06 bits per heavy atom. The summed E-state index contributed by atoms with van der Waals surface area (Å²) < 4.78 is 0. The van der Waals surface area contributed by atoms with Crippen LogP contribution in [-0.4, -0.2) is 73.1 Å². The number of carbonyl (C=O) groups excluding carboxylic acids is 1. The number of benzene rings is 1. The highest BCUT2D eigenvalue weighted by Crippen LogP contribution is 2.29. The monoisotopic (exact) mass is 459 g/mol. The highest BCUT2D eigenvalue weighted by molar-refractivity contribution is 6.05. The molecule has 8 heteroatoms. The van der Waals surface area contributed by atoms with E-state index in [1.165, 1.54) is 0 Å². The topological polar surface area (TPSA) is 90.6 Å². The van der Waals surface area contributed by atoms with E-state index in [0.717, 1.165) is 68.0 Å². The quantitative estimate of drug-likeness (QED) is 0.620. The van der Waals surface area contributed by atoms with Crippen molar-refractivity contribution in [1.29, 1.82) is 0 Å². The molecule has 0 bridgehead atoms. The van der Waals surface area contributed by atoms with Crippen molar-refractivity contribution in [3.8, 4) is 0 Å². The summed E-state index contributed by atoms with van der Waals surface area (Å²) >= 11 is 0. The maximum atomic E-state index is 13.2. The average Bonchev–Trinajstić information content (AvgIpc) is 2.83. The zero-order valence-electron chi connectivity index (χ0n) is 19.9. The number of hydrogen-bond acceptors (Lipinski definition) is 7. The van der Waals surface area contributed by atoms with E-state index >= 15 is 0 Å². The Morgan fingerprint density at radius 3 is 2.65 bits per heavy atom. The number of fused-ring (bicyclic) bond motifs is 1. The minimum atomic E-state index is -0.240. The number of rotatable bonds is 4. The largest absolute Gasteiger partial charge is 0.369 e. The molecule has 4 heterocycles. The molecule has 0 radical (unpaired) electrons. The number of piperazine rings is 1. The van der Waals surface area contributed by atoms with Crippen molar-refractivity contribution in [2.24, 2.45) is 11.7 Å². The Bertz CT molecular complexity index is 1160. The van der Waals surface area contributed by atoms with Crippen LogP contribution < -0.4 is 20.9 Å². The molecule has 2 aliphatic heterocycles. The van der Waals surface area contributed by atoms with Crippen LogP contribution in [0.25, 0.3) is 10.9 Å². The minimum absolute atomic E-state index is 0.122. The van der Waals surface area contributed by atoms with Crippen molar-refractivity contribution in [2.75, 3.05) is 61.4 Å². The summed E-state index contributed by atoms with van der Waals surface area (Å²) in [4.78, 5) is 29.1. The van der Waals surface area contributed by atoms with Gasteiger partial charge in [-0.15, -0.1) is 0 Å². The Balaban J connectivity index is 1.37. The van der Waals surface area contributed by atoms with E-state index in [9.17, 15) is 4.79 Å². The molecule has 0 spiro atoms. The lowest BCUT2D eigenvalue weighted by atomic mass is 9.96. The van der Waals surface area contributed by atoms with Crippen LogP contribution in [0.5, 0.6) is 0 Å². The molecule has 2 atom stereocenters. The smallest absolute Gasteiger partial charge is 0.274 e. The second kappa shape index (κ2) is 9.56. The van der Waals surface area contributed by atoms with E-state index in [4.69, 9.17) is 10.7 Å². The summed E-state index contributed by atoms with van der Waals surface area (Å²) in [5.41, 5.74) is 10.3. The Kier molecular flexibility index (Phi) is 6.34. The lowest BCUT2D eigenvalue weighted by molar-refractivity contribution is 0.102. The summed E-state index contributed by atoms with van der Waals surface area (Å²) in [7, 11) is 2.15. The van der Waals surface area contributed by atoms with Crippen molar-refractivity contribution < 1.29 is 4.79 Å².